The van der Waals surface area contributed by atoms with Crippen LogP contribution in [0, 0.1) is 0 Å². The van der Waals surface area contributed by atoms with Gasteiger partial charge in [0, 0.05) is 0 Å². The van der Waals surface area contributed by atoms with E-state index < -0.39 is 6.04 Å². The van der Waals surface area contributed by atoms with Crippen LogP contribution < -0.4 is 11.1 Å². The molecule has 1 aromatic carbocycles. The summed E-state index contributed by atoms with van der Waals surface area (Å²) < 4.78 is 0. The molecule has 1 rings (SSSR count). The Kier molecular flexibility index (Phi) is 3.88. The second kappa shape index (κ2) is 5.17. The zero-order chi connectivity index (χ0) is 11.3. The quantitative estimate of drug-likeness (QED) is 0.512. The Labute approximate surface area is 88.4 Å². The molecule has 0 saturated heterocycles. The molecule has 80 valence electrons. The average molecular weight is 206 g/mol. The van der Waals surface area contributed by atoms with Gasteiger partial charge in [-0.25, -0.2) is 0 Å². The van der Waals surface area contributed by atoms with Crippen molar-refractivity contribution in [1.82, 2.24) is 0 Å². The number of hydrogen-bond donors (Lipinski definition) is 3. The van der Waals surface area contributed by atoms with Gasteiger partial charge in [-0.1, -0.05) is 18.2 Å². The van der Waals surface area contributed by atoms with E-state index in [0.29, 0.717) is 12.1 Å². The first-order valence-corrected chi connectivity index (χ1v) is 4.60. The van der Waals surface area contributed by atoms with E-state index in [1.807, 2.05) is 0 Å². The number of aromatic hydroxyl groups is 1. The second-order valence-corrected chi connectivity index (χ2v) is 3.14. The molecule has 0 aromatic heterocycles. The number of para-hydroxylation sites is 2. The highest BCUT2D eigenvalue weighted by Crippen LogP contribution is 2.21. The number of benzene rings is 1. The summed E-state index contributed by atoms with van der Waals surface area (Å²) in [5, 5.41) is 11.9. The maximum Gasteiger partial charge on any atom is 0.241 e. The van der Waals surface area contributed by atoms with Gasteiger partial charge in [-0.3, -0.25) is 4.79 Å². The SMILES string of the molecule is C=CCC(N)C(=O)Nc1ccccc1O. The first-order valence-electron chi connectivity index (χ1n) is 4.60. The third-order valence-electron chi connectivity index (χ3n) is 1.92. The summed E-state index contributed by atoms with van der Waals surface area (Å²) in [5.41, 5.74) is 5.92. The number of hydrogen-bond acceptors (Lipinski definition) is 3. The van der Waals surface area contributed by atoms with Crippen LogP contribution in [0.3, 0.4) is 0 Å². The number of anilines is 1. The van der Waals surface area contributed by atoms with Crippen LogP contribution in [0.5, 0.6) is 5.75 Å². The Morgan fingerprint density at radius 1 is 1.60 bits per heavy atom. The molecule has 1 aromatic rings. The highest BCUT2D eigenvalue weighted by molar-refractivity contribution is 5.95. The maximum absolute atomic E-state index is 11.5. The molecule has 1 amide bonds. The van der Waals surface area contributed by atoms with E-state index in [0.717, 1.165) is 0 Å². The molecule has 0 radical (unpaired) electrons. The smallest absolute Gasteiger partial charge is 0.241 e. The molecule has 0 heterocycles. The van der Waals surface area contributed by atoms with Crippen molar-refractivity contribution in [1.29, 1.82) is 0 Å². The number of carbonyl (C=O) groups is 1. The molecular weight excluding hydrogens is 192 g/mol. The predicted octanol–water partition coefficient (Wildman–Crippen LogP) is 1.23. The number of amides is 1. The number of nitrogens with one attached hydrogen (secondary N) is 1. The highest BCUT2D eigenvalue weighted by atomic mass is 16.3. The van der Waals surface area contributed by atoms with E-state index in [1.165, 1.54) is 6.07 Å². The van der Waals surface area contributed by atoms with E-state index in [9.17, 15) is 9.90 Å². The number of nitrogens with two attached hydrogens (primary N) is 1. The van der Waals surface area contributed by atoms with E-state index >= 15 is 0 Å². The molecule has 0 aliphatic rings. The molecule has 1 atom stereocenters. The standard InChI is InChI=1S/C11H14N2O2/c1-2-5-8(12)11(15)13-9-6-3-4-7-10(9)14/h2-4,6-8,14H,1,5,12H2,(H,13,15). The lowest BCUT2D eigenvalue weighted by molar-refractivity contribution is -0.117. The van der Waals surface area contributed by atoms with Crippen LogP contribution in [0.25, 0.3) is 0 Å². The van der Waals surface area contributed by atoms with E-state index in [2.05, 4.69) is 11.9 Å². The van der Waals surface area contributed by atoms with Crippen molar-refractivity contribution in [2.45, 2.75) is 12.5 Å². The zero-order valence-electron chi connectivity index (χ0n) is 8.31. The van der Waals surface area contributed by atoms with Crippen LogP contribution in [0.4, 0.5) is 5.69 Å². The van der Waals surface area contributed by atoms with Crippen LogP contribution in [-0.2, 0) is 4.79 Å². The van der Waals surface area contributed by atoms with Crippen molar-refractivity contribution in [2.75, 3.05) is 5.32 Å². The lowest BCUT2D eigenvalue weighted by Crippen LogP contribution is -2.35. The van der Waals surface area contributed by atoms with Gasteiger partial charge in [-0.15, -0.1) is 6.58 Å². The van der Waals surface area contributed by atoms with E-state index in [1.54, 1.807) is 24.3 Å². The largest absolute Gasteiger partial charge is 0.506 e. The monoisotopic (exact) mass is 206 g/mol. The lowest BCUT2D eigenvalue weighted by Gasteiger charge is -2.10. The van der Waals surface area contributed by atoms with Crippen LogP contribution in [0.1, 0.15) is 6.42 Å². The molecule has 0 saturated carbocycles. The summed E-state index contributed by atoms with van der Waals surface area (Å²) >= 11 is 0. The number of phenolic OH excluding ortho intramolecular Hbond substituents is 1. The van der Waals surface area contributed by atoms with Gasteiger partial charge in [0.05, 0.1) is 11.7 Å². The molecule has 4 heteroatoms. The van der Waals surface area contributed by atoms with Crippen LogP contribution >= 0.6 is 0 Å². The van der Waals surface area contributed by atoms with Crippen molar-refractivity contribution < 1.29 is 9.90 Å². The second-order valence-electron chi connectivity index (χ2n) is 3.14. The topological polar surface area (TPSA) is 75.4 Å². The molecule has 4 N–H and O–H groups in total. The van der Waals surface area contributed by atoms with Crippen molar-refractivity contribution in [3.05, 3.63) is 36.9 Å². The van der Waals surface area contributed by atoms with Gasteiger partial charge >= 0.3 is 0 Å². The summed E-state index contributed by atoms with van der Waals surface area (Å²) in [4.78, 5) is 11.5. The number of rotatable bonds is 4. The molecule has 1 unspecified atom stereocenters. The predicted molar refractivity (Wildman–Crippen MR) is 59.5 cm³/mol. The molecule has 0 fully saturated rings. The van der Waals surface area contributed by atoms with Crippen molar-refractivity contribution in [2.24, 2.45) is 5.73 Å². The Morgan fingerprint density at radius 3 is 2.87 bits per heavy atom. The fraction of sp³-hybridized carbons (Fsp3) is 0.182. The Balaban J connectivity index is 2.66. The summed E-state index contributed by atoms with van der Waals surface area (Å²) in [5.74, 6) is -0.312. The summed E-state index contributed by atoms with van der Waals surface area (Å²) in [7, 11) is 0. The summed E-state index contributed by atoms with van der Waals surface area (Å²) in [6.45, 7) is 3.50. The van der Waals surface area contributed by atoms with Gasteiger partial charge in [0.15, 0.2) is 0 Å². The van der Waals surface area contributed by atoms with Crippen molar-refractivity contribution >= 4 is 11.6 Å². The minimum Gasteiger partial charge on any atom is -0.506 e. The molecule has 0 aliphatic carbocycles. The summed E-state index contributed by atoms with van der Waals surface area (Å²) in [6.07, 6.45) is 1.98. The molecule has 0 bridgehead atoms. The molecule has 4 nitrogen and oxygen atoms in total. The fourth-order valence-corrected chi connectivity index (χ4v) is 1.09. The Hall–Kier alpha value is -1.81. The first kappa shape index (κ1) is 11.3. The highest BCUT2D eigenvalue weighted by Gasteiger charge is 2.12. The van der Waals surface area contributed by atoms with Crippen molar-refractivity contribution in [3.8, 4) is 5.75 Å². The van der Waals surface area contributed by atoms with Gasteiger partial charge in [0.2, 0.25) is 5.91 Å². The molecular formula is C11H14N2O2. The maximum atomic E-state index is 11.5. The molecule has 0 aliphatic heterocycles. The first-order chi connectivity index (χ1) is 7.15. The van der Waals surface area contributed by atoms with Crippen LogP contribution in [0.15, 0.2) is 36.9 Å². The minimum atomic E-state index is -0.637. The molecule has 15 heavy (non-hydrogen) atoms. The van der Waals surface area contributed by atoms with Gasteiger partial charge in [0.25, 0.3) is 0 Å². The Morgan fingerprint density at radius 2 is 2.27 bits per heavy atom. The van der Waals surface area contributed by atoms with Gasteiger partial charge in [0.1, 0.15) is 5.75 Å². The molecule has 0 spiro atoms. The minimum absolute atomic E-state index is 0.0247. The zero-order valence-corrected chi connectivity index (χ0v) is 8.31. The third kappa shape index (κ3) is 3.11. The van der Waals surface area contributed by atoms with E-state index in [-0.39, 0.29) is 11.7 Å². The van der Waals surface area contributed by atoms with Crippen LogP contribution in [0.2, 0.25) is 0 Å². The number of carbonyl (C=O) groups excluding carboxylic acids is 1. The third-order valence-corrected chi connectivity index (χ3v) is 1.92. The number of phenols is 1. The van der Waals surface area contributed by atoms with E-state index in [4.69, 9.17) is 5.73 Å². The van der Waals surface area contributed by atoms with Gasteiger partial charge < -0.3 is 16.2 Å². The summed E-state index contributed by atoms with van der Waals surface area (Å²) in [6, 6.07) is 5.85. The fourth-order valence-electron chi connectivity index (χ4n) is 1.09. The van der Waals surface area contributed by atoms with Gasteiger partial charge in [-0.05, 0) is 18.6 Å². The van der Waals surface area contributed by atoms with Gasteiger partial charge in [-0.2, -0.15) is 0 Å². The average Bonchev–Trinajstić information content (AvgIpc) is 2.21. The Bertz CT molecular complexity index is 363. The normalized spacial score (nSPS) is 11.8. The van der Waals surface area contributed by atoms with Crippen molar-refractivity contribution in [3.63, 3.8) is 0 Å². The van der Waals surface area contributed by atoms with Crippen LogP contribution in [-0.4, -0.2) is 17.1 Å². The lowest BCUT2D eigenvalue weighted by atomic mass is 10.2.